The van der Waals surface area contributed by atoms with Crippen LogP contribution < -0.4 is 0 Å². The smallest absolute Gasteiger partial charge is 0.245 e. The summed E-state index contributed by atoms with van der Waals surface area (Å²) in [6, 6.07) is 9.11. The van der Waals surface area contributed by atoms with Crippen molar-refractivity contribution in [2.75, 3.05) is 13.1 Å². The Labute approximate surface area is 146 Å². The third-order valence-corrected chi connectivity index (χ3v) is 6.17. The molecule has 0 fully saturated rings. The maximum atomic E-state index is 13.2. The monoisotopic (exact) mass is 348 g/mol. The molecule has 1 aromatic heterocycles. The molecule has 0 N–H and O–H groups in total. The Morgan fingerprint density at radius 2 is 1.54 bits per heavy atom. The van der Waals surface area contributed by atoms with Gasteiger partial charge in [0.25, 0.3) is 0 Å². The van der Waals surface area contributed by atoms with E-state index in [0.29, 0.717) is 23.5 Å². The lowest BCUT2D eigenvalue weighted by molar-refractivity contribution is 0.389. The number of sulfonamides is 1. The Morgan fingerprint density at radius 1 is 0.917 bits per heavy atom. The summed E-state index contributed by atoms with van der Waals surface area (Å²) >= 11 is 0. The van der Waals surface area contributed by atoms with Gasteiger partial charge in [0.2, 0.25) is 10.0 Å². The molecule has 0 unspecified atom stereocenters. The van der Waals surface area contributed by atoms with Gasteiger partial charge in [0.1, 0.15) is 4.90 Å². The van der Waals surface area contributed by atoms with E-state index in [-0.39, 0.29) is 0 Å². The summed E-state index contributed by atoms with van der Waals surface area (Å²) in [4.78, 5) is 4.64. The molecule has 24 heavy (non-hydrogen) atoms. The minimum absolute atomic E-state index is 0.327. The average molecular weight is 349 g/mol. The van der Waals surface area contributed by atoms with Gasteiger partial charge in [-0.2, -0.15) is 4.31 Å². The van der Waals surface area contributed by atoms with Crippen molar-refractivity contribution in [3.05, 3.63) is 36.5 Å². The number of rotatable bonds is 10. The maximum absolute atomic E-state index is 13.2. The molecule has 0 aliphatic carbocycles. The number of hydrogen-bond acceptors (Lipinski definition) is 3. The molecule has 0 radical (unpaired) electrons. The van der Waals surface area contributed by atoms with Gasteiger partial charge in [0.15, 0.2) is 0 Å². The first kappa shape index (κ1) is 18.9. The maximum Gasteiger partial charge on any atom is 0.245 e. The number of pyridine rings is 1. The molecule has 5 heteroatoms. The molecule has 0 spiro atoms. The SMILES string of the molecule is CCCCCN(CCCCC)S(=O)(=O)c1cccc2cccnc12. The fourth-order valence-corrected chi connectivity index (χ4v) is 4.53. The summed E-state index contributed by atoms with van der Waals surface area (Å²) in [7, 11) is -3.52. The van der Waals surface area contributed by atoms with E-state index < -0.39 is 10.0 Å². The molecule has 0 atom stereocenters. The number of hydrogen-bond donors (Lipinski definition) is 0. The summed E-state index contributed by atoms with van der Waals surface area (Å²) in [6.45, 7) is 5.43. The van der Waals surface area contributed by atoms with Crippen LogP contribution >= 0.6 is 0 Å². The highest BCUT2D eigenvalue weighted by molar-refractivity contribution is 7.89. The van der Waals surface area contributed by atoms with Crippen LogP contribution in [0.3, 0.4) is 0 Å². The van der Waals surface area contributed by atoms with Crippen LogP contribution in [0.5, 0.6) is 0 Å². The van der Waals surface area contributed by atoms with E-state index in [1.54, 1.807) is 22.6 Å². The molecule has 0 aliphatic rings. The molecule has 0 aliphatic heterocycles. The van der Waals surface area contributed by atoms with Gasteiger partial charge in [-0.1, -0.05) is 57.7 Å². The van der Waals surface area contributed by atoms with Crippen molar-refractivity contribution in [1.82, 2.24) is 9.29 Å². The van der Waals surface area contributed by atoms with Crippen LogP contribution in [0.15, 0.2) is 41.4 Å². The zero-order valence-corrected chi connectivity index (χ0v) is 15.6. The number of benzene rings is 1. The van der Waals surface area contributed by atoms with Gasteiger partial charge < -0.3 is 0 Å². The number of aromatic nitrogens is 1. The summed E-state index contributed by atoms with van der Waals surface area (Å²) in [5.74, 6) is 0. The second kappa shape index (κ2) is 9.14. The highest BCUT2D eigenvalue weighted by Crippen LogP contribution is 2.24. The van der Waals surface area contributed by atoms with E-state index >= 15 is 0 Å². The molecule has 1 aromatic carbocycles. The fraction of sp³-hybridized carbons (Fsp3) is 0.526. The van der Waals surface area contributed by atoms with Crippen LogP contribution in [0.2, 0.25) is 0 Å². The lowest BCUT2D eigenvalue weighted by Crippen LogP contribution is -2.33. The standard InChI is InChI=1S/C19H28N2O2S/c1-3-5-7-15-21(16-8-6-4-2)24(22,23)18-13-9-11-17-12-10-14-20-19(17)18/h9-14H,3-8,15-16H2,1-2H3. The Hall–Kier alpha value is -1.46. The van der Waals surface area contributed by atoms with Crippen LogP contribution in [0, 0.1) is 0 Å². The Kier molecular flexibility index (Phi) is 7.18. The van der Waals surface area contributed by atoms with E-state index in [4.69, 9.17) is 0 Å². The summed E-state index contributed by atoms with van der Waals surface area (Å²) in [6.07, 6.45) is 7.72. The third kappa shape index (κ3) is 4.54. The first-order valence-electron chi connectivity index (χ1n) is 8.95. The molecular weight excluding hydrogens is 320 g/mol. The van der Waals surface area contributed by atoms with Crippen molar-refractivity contribution in [3.63, 3.8) is 0 Å². The molecule has 0 bridgehead atoms. The van der Waals surface area contributed by atoms with Gasteiger partial charge in [-0.25, -0.2) is 8.42 Å². The van der Waals surface area contributed by atoms with Crippen molar-refractivity contribution < 1.29 is 8.42 Å². The molecule has 132 valence electrons. The molecule has 1 heterocycles. The lowest BCUT2D eigenvalue weighted by atomic mass is 10.2. The number of nitrogens with zero attached hydrogens (tertiary/aromatic N) is 2. The van der Waals surface area contributed by atoms with Gasteiger partial charge in [0, 0.05) is 24.7 Å². The highest BCUT2D eigenvalue weighted by atomic mass is 32.2. The highest BCUT2D eigenvalue weighted by Gasteiger charge is 2.26. The predicted molar refractivity (Wildman–Crippen MR) is 99.6 cm³/mol. The van der Waals surface area contributed by atoms with Crippen molar-refractivity contribution in [2.24, 2.45) is 0 Å². The molecule has 2 aromatic rings. The van der Waals surface area contributed by atoms with Crippen molar-refractivity contribution in [1.29, 1.82) is 0 Å². The van der Waals surface area contributed by atoms with Crippen molar-refractivity contribution in [2.45, 2.75) is 57.3 Å². The Morgan fingerprint density at radius 3 is 2.17 bits per heavy atom. The quantitative estimate of drug-likeness (QED) is 0.589. The molecule has 0 saturated carbocycles. The van der Waals surface area contributed by atoms with Crippen LogP contribution in [0.4, 0.5) is 0 Å². The summed E-state index contributed by atoms with van der Waals surface area (Å²) in [5, 5.41) is 0.862. The lowest BCUT2D eigenvalue weighted by Gasteiger charge is -2.22. The minimum Gasteiger partial charge on any atom is -0.255 e. The minimum atomic E-state index is -3.52. The van der Waals surface area contributed by atoms with E-state index in [0.717, 1.165) is 43.9 Å². The van der Waals surface area contributed by atoms with Gasteiger partial charge >= 0.3 is 0 Å². The Bertz CT molecular complexity index is 729. The van der Waals surface area contributed by atoms with E-state index in [1.165, 1.54) is 0 Å². The summed E-state index contributed by atoms with van der Waals surface area (Å²) in [5.41, 5.74) is 0.566. The van der Waals surface area contributed by atoms with E-state index in [2.05, 4.69) is 18.8 Å². The van der Waals surface area contributed by atoms with Crippen LogP contribution in [-0.4, -0.2) is 30.8 Å². The third-order valence-electron chi connectivity index (χ3n) is 4.24. The van der Waals surface area contributed by atoms with Crippen molar-refractivity contribution in [3.8, 4) is 0 Å². The van der Waals surface area contributed by atoms with Crippen LogP contribution in [0.25, 0.3) is 10.9 Å². The summed E-state index contributed by atoms with van der Waals surface area (Å²) < 4.78 is 28.1. The first-order valence-corrected chi connectivity index (χ1v) is 10.4. The number of unbranched alkanes of at least 4 members (excludes halogenated alkanes) is 4. The van der Waals surface area contributed by atoms with Gasteiger partial charge in [0.05, 0.1) is 5.52 Å². The normalized spacial score (nSPS) is 12.1. The molecule has 4 nitrogen and oxygen atoms in total. The predicted octanol–water partition coefficient (Wildman–Crippen LogP) is 4.61. The van der Waals surface area contributed by atoms with Gasteiger partial charge in [-0.05, 0) is 25.0 Å². The first-order chi connectivity index (χ1) is 11.6. The molecule has 0 saturated heterocycles. The second-order valence-electron chi connectivity index (χ2n) is 6.15. The van der Waals surface area contributed by atoms with Crippen LogP contribution in [-0.2, 0) is 10.0 Å². The molecule has 0 amide bonds. The topological polar surface area (TPSA) is 50.3 Å². The fourth-order valence-electron chi connectivity index (χ4n) is 2.85. The van der Waals surface area contributed by atoms with Crippen molar-refractivity contribution >= 4 is 20.9 Å². The molecular formula is C19H28N2O2S. The zero-order valence-electron chi connectivity index (χ0n) is 14.7. The van der Waals surface area contributed by atoms with Gasteiger partial charge in [-0.3, -0.25) is 4.98 Å². The van der Waals surface area contributed by atoms with Crippen LogP contribution in [0.1, 0.15) is 52.4 Å². The largest absolute Gasteiger partial charge is 0.255 e. The number of fused-ring (bicyclic) bond motifs is 1. The number of para-hydroxylation sites is 1. The zero-order chi connectivity index (χ0) is 17.4. The molecule has 2 rings (SSSR count). The average Bonchev–Trinajstić information content (AvgIpc) is 2.60. The second-order valence-corrected chi connectivity index (χ2v) is 8.06. The van der Waals surface area contributed by atoms with E-state index in [9.17, 15) is 8.42 Å². The Balaban J connectivity index is 2.33. The van der Waals surface area contributed by atoms with Gasteiger partial charge in [-0.15, -0.1) is 0 Å². The van der Waals surface area contributed by atoms with E-state index in [1.807, 2.05) is 18.2 Å².